The fourth-order valence-electron chi connectivity index (χ4n) is 5.29. The number of nitrogens with zero attached hydrogens (tertiary/aromatic N) is 2. The van der Waals surface area contributed by atoms with Crippen molar-refractivity contribution in [3.05, 3.63) is 71.5 Å². The van der Waals surface area contributed by atoms with Crippen molar-refractivity contribution in [2.75, 3.05) is 19.7 Å². The standard InChI is InChI=1S/C24H27FN2O2/c25-20-10-8-18(9-11-20)13-27-21(14-28)23(19-4-2-1-3-5-19)24(27)15-26(16-24)22(29)12-17-6-7-17/h1-5,8-11,17,21,23,28H,6-7,12-16H2/t21-,23-/m0/s1. The molecule has 0 aromatic heterocycles. The summed E-state index contributed by atoms with van der Waals surface area (Å²) in [5.74, 6) is 0.803. The summed E-state index contributed by atoms with van der Waals surface area (Å²) >= 11 is 0. The van der Waals surface area contributed by atoms with Crippen molar-refractivity contribution < 1.29 is 14.3 Å². The van der Waals surface area contributed by atoms with Gasteiger partial charge in [-0.15, -0.1) is 0 Å². The summed E-state index contributed by atoms with van der Waals surface area (Å²) in [6.45, 7) is 2.13. The van der Waals surface area contributed by atoms with Gasteiger partial charge in [-0.3, -0.25) is 9.69 Å². The van der Waals surface area contributed by atoms with Gasteiger partial charge in [0.05, 0.1) is 12.1 Å². The molecule has 1 aliphatic carbocycles. The molecule has 152 valence electrons. The Kier molecular flexibility index (Phi) is 4.67. The number of carbonyl (C=O) groups excluding carboxylic acids is 1. The van der Waals surface area contributed by atoms with Crippen LogP contribution < -0.4 is 0 Å². The molecular weight excluding hydrogens is 367 g/mol. The van der Waals surface area contributed by atoms with E-state index in [9.17, 15) is 14.3 Å². The van der Waals surface area contributed by atoms with Crippen LogP contribution in [0.1, 0.15) is 36.3 Å². The molecule has 1 amide bonds. The molecule has 0 unspecified atom stereocenters. The number of likely N-dealkylation sites (tertiary alicyclic amines) is 2. The zero-order chi connectivity index (χ0) is 20.0. The Labute approximate surface area is 170 Å². The number of aliphatic hydroxyl groups is 1. The highest BCUT2D eigenvalue weighted by Crippen LogP contribution is 2.54. The molecule has 2 aliphatic heterocycles. The Hall–Kier alpha value is -2.24. The molecule has 1 saturated carbocycles. The van der Waals surface area contributed by atoms with Gasteiger partial charge in [0.25, 0.3) is 0 Å². The van der Waals surface area contributed by atoms with Crippen LogP contribution in [0.5, 0.6) is 0 Å². The number of halogens is 1. The van der Waals surface area contributed by atoms with Crippen LogP contribution in [0.15, 0.2) is 54.6 Å². The van der Waals surface area contributed by atoms with Gasteiger partial charge in [-0.1, -0.05) is 42.5 Å². The third-order valence-electron chi connectivity index (χ3n) is 6.99. The second-order valence-corrected chi connectivity index (χ2v) is 8.89. The summed E-state index contributed by atoms with van der Waals surface area (Å²) in [7, 11) is 0. The van der Waals surface area contributed by atoms with Crippen LogP contribution in [-0.4, -0.2) is 52.1 Å². The van der Waals surface area contributed by atoms with E-state index in [1.54, 1.807) is 0 Å². The van der Waals surface area contributed by atoms with Crippen molar-refractivity contribution in [1.82, 2.24) is 9.80 Å². The predicted molar refractivity (Wildman–Crippen MR) is 109 cm³/mol. The lowest BCUT2D eigenvalue weighted by Crippen LogP contribution is -2.84. The van der Waals surface area contributed by atoms with Crippen LogP contribution in [0.2, 0.25) is 0 Å². The Morgan fingerprint density at radius 3 is 2.38 bits per heavy atom. The summed E-state index contributed by atoms with van der Waals surface area (Å²) in [5, 5.41) is 10.2. The summed E-state index contributed by atoms with van der Waals surface area (Å²) in [5.41, 5.74) is 2.09. The number of rotatable bonds is 6. The largest absolute Gasteiger partial charge is 0.395 e. The maximum Gasteiger partial charge on any atom is 0.222 e. The predicted octanol–water partition coefficient (Wildman–Crippen LogP) is 3.17. The number of aliphatic hydroxyl groups excluding tert-OH is 1. The lowest BCUT2D eigenvalue weighted by molar-refractivity contribution is -0.200. The lowest BCUT2D eigenvalue weighted by Gasteiger charge is -2.71. The average molecular weight is 394 g/mol. The minimum absolute atomic E-state index is 0.00290. The number of hydrogen-bond acceptors (Lipinski definition) is 3. The van der Waals surface area contributed by atoms with Gasteiger partial charge >= 0.3 is 0 Å². The van der Waals surface area contributed by atoms with Gasteiger partial charge in [0.1, 0.15) is 5.82 Å². The second-order valence-electron chi connectivity index (χ2n) is 8.89. The SMILES string of the molecule is O=C(CC1CC1)N1CC2(C1)[C@@H](c1ccccc1)[C@H](CO)N2Cc1ccc(F)cc1. The molecule has 1 spiro atoms. The number of carbonyl (C=O) groups is 1. The molecule has 29 heavy (non-hydrogen) atoms. The first-order valence-corrected chi connectivity index (χ1v) is 10.6. The molecule has 3 aliphatic rings. The van der Waals surface area contributed by atoms with E-state index in [0.29, 0.717) is 32.0 Å². The highest BCUT2D eigenvalue weighted by molar-refractivity contribution is 5.78. The van der Waals surface area contributed by atoms with Crippen LogP contribution in [0, 0.1) is 11.7 Å². The van der Waals surface area contributed by atoms with Gasteiger partial charge in [0, 0.05) is 38.0 Å². The highest BCUT2D eigenvalue weighted by atomic mass is 19.1. The highest BCUT2D eigenvalue weighted by Gasteiger charge is 2.66. The normalized spacial score (nSPS) is 25.5. The summed E-state index contributed by atoms with van der Waals surface area (Å²) in [6, 6.07) is 16.9. The van der Waals surface area contributed by atoms with Gasteiger partial charge in [-0.2, -0.15) is 0 Å². The summed E-state index contributed by atoms with van der Waals surface area (Å²) < 4.78 is 13.3. The van der Waals surface area contributed by atoms with E-state index in [1.807, 2.05) is 35.2 Å². The van der Waals surface area contributed by atoms with E-state index in [4.69, 9.17) is 0 Å². The fourth-order valence-corrected chi connectivity index (χ4v) is 5.29. The average Bonchev–Trinajstić information content (AvgIpc) is 3.50. The Morgan fingerprint density at radius 1 is 1.07 bits per heavy atom. The molecule has 5 rings (SSSR count). The molecule has 2 saturated heterocycles. The molecule has 3 fully saturated rings. The van der Waals surface area contributed by atoms with E-state index in [-0.39, 0.29) is 35.8 Å². The number of benzene rings is 2. The maximum absolute atomic E-state index is 13.3. The van der Waals surface area contributed by atoms with E-state index in [0.717, 1.165) is 5.56 Å². The number of hydrogen-bond donors (Lipinski definition) is 1. The number of amides is 1. The van der Waals surface area contributed by atoms with Gasteiger partial charge < -0.3 is 10.0 Å². The Balaban J connectivity index is 1.40. The van der Waals surface area contributed by atoms with Crippen LogP contribution in [0.4, 0.5) is 4.39 Å². The zero-order valence-electron chi connectivity index (χ0n) is 16.5. The van der Waals surface area contributed by atoms with Crippen molar-refractivity contribution in [2.24, 2.45) is 5.92 Å². The van der Waals surface area contributed by atoms with Crippen molar-refractivity contribution in [3.8, 4) is 0 Å². The summed E-state index contributed by atoms with van der Waals surface area (Å²) in [4.78, 5) is 16.9. The van der Waals surface area contributed by atoms with Crippen molar-refractivity contribution >= 4 is 5.91 Å². The van der Waals surface area contributed by atoms with Crippen molar-refractivity contribution in [2.45, 2.75) is 43.3 Å². The first kappa shape index (κ1) is 18.8. The van der Waals surface area contributed by atoms with Gasteiger partial charge in [0.2, 0.25) is 5.91 Å². The Bertz CT molecular complexity index is 876. The van der Waals surface area contributed by atoms with Crippen LogP contribution >= 0.6 is 0 Å². The zero-order valence-corrected chi connectivity index (χ0v) is 16.5. The third kappa shape index (κ3) is 3.26. The molecule has 2 heterocycles. The molecule has 4 nitrogen and oxygen atoms in total. The van der Waals surface area contributed by atoms with Crippen molar-refractivity contribution in [3.63, 3.8) is 0 Å². The molecule has 5 heteroatoms. The minimum Gasteiger partial charge on any atom is -0.395 e. The Morgan fingerprint density at radius 2 is 1.76 bits per heavy atom. The van der Waals surface area contributed by atoms with Crippen LogP contribution in [0.25, 0.3) is 0 Å². The first-order valence-electron chi connectivity index (χ1n) is 10.6. The van der Waals surface area contributed by atoms with E-state index >= 15 is 0 Å². The maximum atomic E-state index is 13.3. The monoisotopic (exact) mass is 394 g/mol. The lowest BCUT2D eigenvalue weighted by atomic mass is 9.60. The van der Waals surface area contributed by atoms with E-state index in [2.05, 4.69) is 17.0 Å². The first-order chi connectivity index (χ1) is 14.1. The van der Waals surface area contributed by atoms with Crippen molar-refractivity contribution in [1.29, 1.82) is 0 Å². The van der Waals surface area contributed by atoms with E-state index < -0.39 is 0 Å². The second kappa shape index (κ2) is 7.22. The quantitative estimate of drug-likeness (QED) is 0.819. The molecule has 1 N–H and O–H groups in total. The molecule has 0 radical (unpaired) electrons. The van der Waals surface area contributed by atoms with E-state index in [1.165, 1.54) is 30.5 Å². The van der Waals surface area contributed by atoms with Gasteiger partial charge in [-0.05, 0) is 42.0 Å². The molecule has 2 atom stereocenters. The minimum atomic E-state index is -0.242. The summed E-state index contributed by atoms with van der Waals surface area (Å²) in [6.07, 6.45) is 3.04. The van der Waals surface area contributed by atoms with Gasteiger partial charge in [0.15, 0.2) is 0 Å². The molecule has 2 aromatic carbocycles. The molecule has 2 aromatic rings. The fraction of sp³-hybridized carbons (Fsp3) is 0.458. The van der Waals surface area contributed by atoms with Crippen LogP contribution in [0.3, 0.4) is 0 Å². The smallest absolute Gasteiger partial charge is 0.222 e. The molecule has 0 bridgehead atoms. The molecular formula is C24H27FN2O2. The van der Waals surface area contributed by atoms with Crippen LogP contribution in [-0.2, 0) is 11.3 Å². The third-order valence-corrected chi connectivity index (χ3v) is 6.99. The van der Waals surface area contributed by atoms with Gasteiger partial charge in [-0.25, -0.2) is 4.39 Å². The topological polar surface area (TPSA) is 43.8 Å².